The summed E-state index contributed by atoms with van der Waals surface area (Å²) in [5.41, 5.74) is 15.1. The van der Waals surface area contributed by atoms with Crippen LogP contribution in [0.1, 0.15) is 33.7 Å². The molecule has 1 fully saturated rings. The van der Waals surface area contributed by atoms with Crippen LogP contribution in [-0.2, 0) is 0 Å². The number of nitrogen functional groups attached to an aromatic ring is 1. The van der Waals surface area contributed by atoms with E-state index in [9.17, 15) is 9.90 Å². The molecule has 1 aliphatic heterocycles. The third-order valence-electron chi connectivity index (χ3n) is 5.17. The molecule has 3 aromatic rings. The summed E-state index contributed by atoms with van der Waals surface area (Å²) in [5, 5.41) is 10.8. The van der Waals surface area contributed by atoms with E-state index in [1.807, 2.05) is 13.8 Å². The molecule has 140 valence electrons. The molecule has 2 aromatic heterocycles. The molecule has 0 aliphatic carbocycles. The van der Waals surface area contributed by atoms with Crippen molar-refractivity contribution in [1.29, 1.82) is 0 Å². The van der Waals surface area contributed by atoms with Crippen LogP contribution in [0.2, 0.25) is 0 Å². The lowest BCUT2D eigenvalue weighted by molar-refractivity contribution is 0.100. The quantitative estimate of drug-likeness (QED) is 0.651. The minimum atomic E-state index is -0.624. The molecule has 0 atom stereocenters. The van der Waals surface area contributed by atoms with E-state index in [2.05, 4.69) is 14.9 Å². The summed E-state index contributed by atoms with van der Waals surface area (Å²) in [7, 11) is 0. The number of carbonyl (C=O) groups is 1. The molecule has 8 nitrogen and oxygen atoms in total. The summed E-state index contributed by atoms with van der Waals surface area (Å²) in [6.45, 7) is 7.25. The minimum Gasteiger partial charge on any atom is -0.508 e. The molecule has 0 spiro atoms. The third-order valence-corrected chi connectivity index (χ3v) is 5.17. The van der Waals surface area contributed by atoms with E-state index >= 15 is 0 Å². The van der Waals surface area contributed by atoms with Gasteiger partial charge >= 0.3 is 0 Å². The molecule has 8 heteroatoms. The lowest BCUT2D eigenvalue weighted by Crippen LogP contribution is -2.38. The fourth-order valence-corrected chi connectivity index (χ4v) is 3.68. The van der Waals surface area contributed by atoms with Gasteiger partial charge in [-0.15, -0.1) is 0 Å². The third kappa shape index (κ3) is 2.40. The molecule has 1 aromatic carbocycles. The van der Waals surface area contributed by atoms with Gasteiger partial charge in [-0.3, -0.25) is 9.36 Å². The van der Waals surface area contributed by atoms with Crippen molar-refractivity contribution >= 4 is 28.6 Å². The number of nitrogens with zero attached hydrogens (tertiary/aromatic N) is 4. The Morgan fingerprint density at radius 2 is 1.89 bits per heavy atom. The number of amides is 1. The number of fused-ring (bicyclic) bond motifs is 1. The molecule has 0 unspecified atom stereocenters. The van der Waals surface area contributed by atoms with Gasteiger partial charge in [-0.25, -0.2) is 9.97 Å². The van der Waals surface area contributed by atoms with Gasteiger partial charge in [0, 0.05) is 18.7 Å². The minimum absolute atomic E-state index is 0.145. The first kappa shape index (κ1) is 17.1. The van der Waals surface area contributed by atoms with E-state index in [-0.39, 0.29) is 17.1 Å². The summed E-state index contributed by atoms with van der Waals surface area (Å²) in [6.07, 6.45) is 1.07. The van der Waals surface area contributed by atoms with E-state index < -0.39 is 5.91 Å². The van der Waals surface area contributed by atoms with Gasteiger partial charge in [0.05, 0.1) is 16.6 Å². The van der Waals surface area contributed by atoms with Crippen LogP contribution in [0.25, 0.3) is 16.7 Å². The zero-order valence-electron chi connectivity index (χ0n) is 15.6. The SMILES string of the molecule is Cc1nc(N2CCC2)c2c(C(N)=O)c(N)n(-c3c(C)ccc(O)c3C)c2n1. The van der Waals surface area contributed by atoms with Crippen molar-refractivity contribution < 1.29 is 9.90 Å². The maximum Gasteiger partial charge on any atom is 0.253 e. The normalized spacial score (nSPS) is 13.8. The lowest BCUT2D eigenvalue weighted by Gasteiger charge is -2.32. The van der Waals surface area contributed by atoms with Crippen LogP contribution in [0.4, 0.5) is 11.6 Å². The van der Waals surface area contributed by atoms with Crippen molar-refractivity contribution in [2.75, 3.05) is 23.7 Å². The van der Waals surface area contributed by atoms with Crippen LogP contribution in [0.3, 0.4) is 0 Å². The number of phenols is 1. The maximum absolute atomic E-state index is 12.3. The molecular weight excluding hydrogens is 344 g/mol. The first-order chi connectivity index (χ1) is 12.8. The number of aryl methyl sites for hydroxylation is 2. The highest BCUT2D eigenvalue weighted by atomic mass is 16.3. The number of rotatable bonds is 3. The van der Waals surface area contributed by atoms with Gasteiger partial charge in [0.15, 0.2) is 5.65 Å². The van der Waals surface area contributed by atoms with Gasteiger partial charge in [-0.1, -0.05) is 6.07 Å². The topological polar surface area (TPSA) is 123 Å². The van der Waals surface area contributed by atoms with E-state index in [0.29, 0.717) is 33.9 Å². The molecule has 0 saturated carbocycles. The number of aromatic nitrogens is 3. The first-order valence-corrected chi connectivity index (χ1v) is 8.84. The molecular formula is C19H22N6O2. The second kappa shape index (κ2) is 5.87. The highest BCUT2D eigenvalue weighted by Gasteiger charge is 2.30. The Labute approximate surface area is 156 Å². The van der Waals surface area contributed by atoms with Crippen molar-refractivity contribution in [3.8, 4) is 11.4 Å². The zero-order chi connectivity index (χ0) is 19.5. The highest BCUT2D eigenvalue weighted by molar-refractivity contribution is 6.14. The van der Waals surface area contributed by atoms with E-state index in [4.69, 9.17) is 11.5 Å². The Hall–Kier alpha value is -3.29. The van der Waals surface area contributed by atoms with E-state index in [1.54, 1.807) is 23.6 Å². The largest absolute Gasteiger partial charge is 0.508 e. The number of primary amides is 1. The maximum atomic E-state index is 12.3. The van der Waals surface area contributed by atoms with E-state index in [0.717, 1.165) is 25.1 Å². The Kier molecular flexibility index (Phi) is 3.73. The fraction of sp³-hybridized carbons (Fsp3) is 0.316. The van der Waals surface area contributed by atoms with Crippen molar-refractivity contribution in [1.82, 2.24) is 14.5 Å². The molecule has 0 radical (unpaired) electrons. The monoisotopic (exact) mass is 366 g/mol. The number of hydrogen-bond donors (Lipinski definition) is 3. The van der Waals surface area contributed by atoms with Crippen molar-refractivity contribution in [2.24, 2.45) is 5.73 Å². The number of benzene rings is 1. The summed E-state index contributed by atoms with van der Waals surface area (Å²) in [4.78, 5) is 23.5. The summed E-state index contributed by atoms with van der Waals surface area (Å²) < 4.78 is 1.71. The number of aromatic hydroxyl groups is 1. The number of hydrogen-bond acceptors (Lipinski definition) is 6. The van der Waals surface area contributed by atoms with Crippen molar-refractivity contribution in [3.63, 3.8) is 0 Å². The number of anilines is 2. The molecule has 1 amide bonds. The Morgan fingerprint density at radius 1 is 1.19 bits per heavy atom. The summed E-state index contributed by atoms with van der Waals surface area (Å²) in [6, 6.07) is 3.44. The molecule has 1 saturated heterocycles. The smallest absolute Gasteiger partial charge is 0.253 e. The van der Waals surface area contributed by atoms with Crippen molar-refractivity contribution in [3.05, 3.63) is 34.6 Å². The molecule has 27 heavy (non-hydrogen) atoms. The molecule has 3 heterocycles. The second-order valence-electron chi connectivity index (χ2n) is 6.97. The molecule has 1 aliphatic rings. The van der Waals surface area contributed by atoms with Crippen LogP contribution < -0.4 is 16.4 Å². The average molecular weight is 366 g/mol. The van der Waals surface area contributed by atoms with Crippen LogP contribution >= 0.6 is 0 Å². The standard InChI is InChI=1S/C19H22N6O2/c1-9-5-6-12(26)10(2)15(9)25-16(20)13(17(21)27)14-18(24-7-4-8-24)22-11(3)23-19(14)25/h5-6,26H,4,7-8,20H2,1-3H3,(H2,21,27). The lowest BCUT2D eigenvalue weighted by atomic mass is 10.1. The van der Waals surface area contributed by atoms with Crippen molar-refractivity contribution in [2.45, 2.75) is 27.2 Å². The Morgan fingerprint density at radius 3 is 2.48 bits per heavy atom. The molecule has 4 rings (SSSR count). The van der Waals surface area contributed by atoms with Gasteiger partial charge in [0.25, 0.3) is 5.91 Å². The van der Waals surface area contributed by atoms with E-state index in [1.165, 1.54) is 0 Å². The Balaban J connectivity index is 2.18. The fourth-order valence-electron chi connectivity index (χ4n) is 3.68. The van der Waals surface area contributed by atoms with Gasteiger partial charge in [0.1, 0.15) is 23.2 Å². The predicted molar refractivity (Wildman–Crippen MR) is 105 cm³/mol. The Bertz CT molecular complexity index is 1100. The van der Waals surface area contributed by atoms with Gasteiger partial charge in [-0.2, -0.15) is 0 Å². The van der Waals surface area contributed by atoms with Crippen LogP contribution in [0.5, 0.6) is 5.75 Å². The number of phenolic OH excluding ortho intramolecular Hbond substituents is 1. The van der Waals surface area contributed by atoms with Crippen LogP contribution in [0, 0.1) is 20.8 Å². The number of nitrogens with two attached hydrogens (primary N) is 2. The van der Waals surface area contributed by atoms with Crippen LogP contribution in [0.15, 0.2) is 12.1 Å². The molecule has 5 N–H and O–H groups in total. The van der Waals surface area contributed by atoms with Gasteiger partial charge in [-0.05, 0) is 38.8 Å². The predicted octanol–water partition coefficient (Wildman–Crippen LogP) is 1.94. The zero-order valence-corrected chi connectivity index (χ0v) is 15.6. The first-order valence-electron chi connectivity index (χ1n) is 8.84. The summed E-state index contributed by atoms with van der Waals surface area (Å²) >= 11 is 0. The number of carbonyl (C=O) groups excluding carboxylic acids is 1. The average Bonchev–Trinajstić information content (AvgIpc) is 2.83. The second-order valence-corrected chi connectivity index (χ2v) is 6.97. The van der Waals surface area contributed by atoms with Gasteiger partial charge < -0.3 is 21.5 Å². The summed E-state index contributed by atoms with van der Waals surface area (Å²) in [5.74, 6) is 0.983. The molecule has 0 bridgehead atoms. The highest BCUT2D eigenvalue weighted by Crippen LogP contribution is 2.39. The van der Waals surface area contributed by atoms with Crippen LogP contribution in [-0.4, -0.2) is 38.6 Å². The van der Waals surface area contributed by atoms with Gasteiger partial charge in [0.2, 0.25) is 0 Å².